The van der Waals surface area contributed by atoms with Crippen molar-refractivity contribution in [2.24, 2.45) is 0 Å². The fourth-order valence-electron chi connectivity index (χ4n) is 3.05. The van der Waals surface area contributed by atoms with E-state index in [2.05, 4.69) is 55.3 Å². The summed E-state index contributed by atoms with van der Waals surface area (Å²) in [5, 5.41) is 12.2. The first-order valence-electron chi connectivity index (χ1n) is 9.22. The van der Waals surface area contributed by atoms with E-state index in [0.29, 0.717) is 0 Å². The van der Waals surface area contributed by atoms with Crippen LogP contribution in [0.3, 0.4) is 0 Å². The summed E-state index contributed by atoms with van der Waals surface area (Å²) >= 11 is 0. The summed E-state index contributed by atoms with van der Waals surface area (Å²) < 4.78 is 0. The molecule has 1 aromatic carbocycles. The highest BCUT2D eigenvalue weighted by molar-refractivity contribution is 5.74. The molecule has 0 spiro atoms. The smallest absolute Gasteiger partial charge is 0.317 e. The van der Waals surface area contributed by atoms with Crippen LogP contribution in [0.4, 0.5) is 10.5 Å². The second kappa shape index (κ2) is 8.09. The molecule has 25 heavy (non-hydrogen) atoms. The number of amides is 2. The molecule has 1 aliphatic rings. The molecule has 1 saturated heterocycles. The topological polar surface area (TPSA) is 55.8 Å². The monoisotopic (exact) mass is 347 g/mol. The molecule has 2 N–H and O–H groups in total. The largest absolute Gasteiger partial charge is 0.394 e. The summed E-state index contributed by atoms with van der Waals surface area (Å²) in [5.74, 6) is 0. The number of carbonyl (C=O) groups is 1. The number of hydrogen-bond donors (Lipinski definition) is 2. The van der Waals surface area contributed by atoms with Crippen LogP contribution in [0, 0.1) is 0 Å². The third-order valence-electron chi connectivity index (χ3n) is 5.17. The molecule has 1 aromatic rings. The van der Waals surface area contributed by atoms with Crippen LogP contribution in [-0.4, -0.2) is 54.9 Å². The van der Waals surface area contributed by atoms with E-state index in [1.165, 1.54) is 11.3 Å². The van der Waals surface area contributed by atoms with E-state index >= 15 is 0 Å². The van der Waals surface area contributed by atoms with Crippen molar-refractivity contribution in [1.29, 1.82) is 0 Å². The minimum absolute atomic E-state index is 0.0209. The van der Waals surface area contributed by atoms with Gasteiger partial charge >= 0.3 is 6.03 Å². The number of hydrogen-bond acceptors (Lipinski definition) is 3. The van der Waals surface area contributed by atoms with E-state index in [0.717, 1.165) is 25.9 Å². The summed E-state index contributed by atoms with van der Waals surface area (Å²) in [5.41, 5.74) is 2.77. The van der Waals surface area contributed by atoms with Gasteiger partial charge in [-0.05, 0) is 42.9 Å². The first kappa shape index (κ1) is 19.6. The number of urea groups is 1. The quantitative estimate of drug-likeness (QED) is 0.880. The van der Waals surface area contributed by atoms with Gasteiger partial charge in [-0.3, -0.25) is 0 Å². The number of benzene rings is 1. The zero-order valence-electron chi connectivity index (χ0n) is 16.2. The average Bonchev–Trinajstić information content (AvgIpc) is 2.60. The van der Waals surface area contributed by atoms with Crippen LogP contribution in [0.2, 0.25) is 0 Å². The Morgan fingerprint density at radius 1 is 1.28 bits per heavy atom. The third-order valence-corrected chi connectivity index (χ3v) is 5.17. The molecule has 1 atom stereocenters. The van der Waals surface area contributed by atoms with Crippen molar-refractivity contribution in [1.82, 2.24) is 10.2 Å². The van der Waals surface area contributed by atoms with Gasteiger partial charge in [0.15, 0.2) is 0 Å². The van der Waals surface area contributed by atoms with Gasteiger partial charge in [0.2, 0.25) is 0 Å². The number of piperidine rings is 1. The lowest BCUT2D eigenvalue weighted by Crippen LogP contribution is -2.50. The molecule has 5 nitrogen and oxygen atoms in total. The lowest BCUT2D eigenvalue weighted by molar-refractivity contribution is 0.153. The molecule has 1 unspecified atom stereocenters. The molecule has 2 amide bonds. The number of rotatable bonds is 4. The van der Waals surface area contributed by atoms with Crippen molar-refractivity contribution in [2.75, 3.05) is 31.6 Å². The lowest BCUT2D eigenvalue weighted by atomic mass is 9.87. The van der Waals surface area contributed by atoms with Crippen molar-refractivity contribution in [3.8, 4) is 0 Å². The number of nitrogens with one attached hydrogen (secondary N) is 1. The van der Waals surface area contributed by atoms with E-state index < -0.39 is 0 Å². The van der Waals surface area contributed by atoms with Gasteiger partial charge in [-0.15, -0.1) is 0 Å². The van der Waals surface area contributed by atoms with Gasteiger partial charge in [-0.1, -0.05) is 32.9 Å². The fourth-order valence-corrected chi connectivity index (χ4v) is 3.05. The minimum atomic E-state index is -0.165. The first-order chi connectivity index (χ1) is 11.7. The normalized spacial score (nSPS) is 17.3. The number of aliphatic hydroxyl groups excluding tert-OH is 1. The first-order valence-corrected chi connectivity index (χ1v) is 9.22. The number of carbonyl (C=O) groups excluding carboxylic acids is 1. The van der Waals surface area contributed by atoms with E-state index in [1.807, 2.05) is 6.92 Å². The number of aliphatic hydroxyl groups is 1. The molecule has 0 radical (unpaired) electrons. The molecule has 2 rings (SSSR count). The van der Waals surface area contributed by atoms with Crippen LogP contribution in [0.1, 0.15) is 46.1 Å². The van der Waals surface area contributed by atoms with Crippen LogP contribution in [-0.2, 0) is 5.41 Å². The summed E-state index contributed by atoms with van der Waals surface area (Å²) in [6.45, 7) is 10.4. The fraction of sp³-hybridized carbons (Fsp3) is 0.650. The van der Waals surface area contributed by atoms with Gasteiger partial charge in [0.25, 0.3) is 0 Å². The molecule has 0 saturated carbocycles. The molecule has 5 heteroatoms. The molecular weight excluding hydrogens is 314 g/mol. The van der Waals surface area contributed by atoms with Crippen molar-refractivity contribution in [3.05, 3.63) is 29.8 Å². The molecule has 0 bridgehead atoms. The molecule has 1 heterocycles. The summed E-state index contributed by atoms with van der Waals surface area (Å²) in [7, 11) is 1.72. The average molecular weight is 348 g/mol. The highest BCUT2D eigenvalue weighted by Crippen LogP contribution is 2.26. The maximum Gasteiger partial charge on any atom is 0.317 e. The van der Waals surface area contributed by atoms with Crippen LogP contribution in [0.15, 0.2) is 24.3 Å². The van der Waals surface area contributed by atoms with Crippen LogP contribution >= 0.6 is 0 Å². The van der Waals surface area contributed by atoms with Crippen molar-refractivity contribution < 1.29 is 9.90 Å². The molecule has 0 aliphatic carbocycles. The SMILES string of the molecule is CC(CO)N(C)C(=O)NC1CCN(c2ccc(C(C)(C)C)cc2)CC1. The summed E-state index contributed by atoms with van der Waals surface area (Å²) in [6.07, 6.45) is 1.88. The van der Waals surface area contributed by atoms with Crippen molar-refractivity contribution >= 4 is 11.7 Å². The van der Waals surface area contributed by atoms with Crippen molar-refractivity contribution in [3.63, 3.8) is 0 Å². The lowest BCUT2D eigenvalue weighted by Gasteiger charge is -2.35. The summed E-state index contributed by atoms with van der Waals surface area (Å²) in [4.78, 5) is 16.1. The minimum Gasteiger partial charge on any atom is -0.394 e. The Morgan fingerprint density at radius 2 is 1.84 bits per heavy atom. The Bertz CT molecular complexity index is 557. The van der Waals surface area contributed by atoms with E-state index in [1.54, 1.807) is 11.9 Å². The van der Waals surface area contributed by atoms with Gasteiger partial charge in [0.05, 0.1) is 12.6 Å². The van der Waals surface area contributed by atoms with E-state index in [4.69, 9.17) is 5.11 Å². The van der Waals surface area contributed by atoms with Crippen LogP contribution < -0.4 is 10.2 Å². The molecule has 1 fully saturated rings. The van der Waals surface area contributed by atoms with Crippen molar-refractivity contribution in [2.45, 2.75) is 58.0 Å². The molecule has 0 aromatic heterocycles. The number of nitrogens with zero attached hydrogens (tertiary/aromatic N) is 2. The second-order valence-corrected chi connectivity index (χ2v) is 8.15. The Labute approximate surface area is 152 Å². The van der Waals surface area contributed by atoms with Gasteiger partial charge < -0.3 is 20.2 Å². The second-order valence-electron chi connectivity index (χ2n) is 8.15. The highest BCUT2D eigenvalue weighted by Gasteiger charge is 2.23. The third kappa shape index (κ3) is 5.11. The molecule has 1 aliphatic heterocycles. The predicted molar refractivity (Wildman–Crippen MR) is 103 cm³/mol. The van der Waals surface area contributed by atoms with Crippen LogP contribution in [0.25, 0.3) is 0 Å². The van der Waals surface area contributed by atoms with E-state index in [-0.39, 0.29) is 30.1 Å². The Hall–Kier alpha value is -1.75. The Kier molecular flexibility index (Phi) is 6.33. The van der Waals surface area contributed by atoms with Crippen LogP contribution in [0.5, 0.6) is 0 Å². The maximum atomic E-state index is 12.2. The summed E-state index contributed by atoms with van der Waals surface area (Å²) in [6, 6.07) is 8.77. The number of anilines is 1. The zero-order chi connectivity index (χ0) is 18.6. The highest BCUT2D eigenvalue weighted by atomic mass is 16.3. The zero-order valence-corrected chi connectivity index (χ0v) is 16.2. The van der Waals surface area contributed by atoms with Gasteiger partial charge in [-0.2, -0.15) is 0 Å². The Balaban J connectivity index is 1.86. The molecular formula is C20H33N3O2. The number of likely N-dealkylation sites (N-methyl/N-ethyl adjacent to an activating group) is 1. The Morgan fingerprint density at radius 3 is 2.32 bits per heavy atom. The van der Waals surface area contributed by atoms with E-state index in [9.17, 15) is 4.79 Å². The van der Waals surface area contributed by atoms with Gasteiger partial charge in [-0.25, -0.2) is 4.79 Å². The van der Waals surface area contributed by atoms with Gasteiger partial charge in [0.1, 0.15) is 0 Å². The maximum absolute atomic E-state index is 12.2. The standard InChI is InChI=1S/C20H33N3O2/c1-15(14-24)22(5)19(25)21-17-10-12-23(13-11-17)18-8-6-16(7-9-18)20(2,3)4/h6-9,15,17,24H,10-14H2,1-5H3,(H,21,25). The predicted octanol–water partition coefficient (Wildman–Crippen LogP) is 2.98. The molecule has 140 valence electrons. The van der Waals surface area contributed by atoms with Gasteiger partial charge in [0, 0.05) is 31.9 Å².